The van der Waals surface area contributed by atoms with Crippen LogP contribution < -0.4 is 10.6 Å². The molecule has 6 nitrogen and oxygen atoms in total. The van der Waals surface area contributed by atoms with Gasteiger partial charge in [-0.3, -0.25) is 4.79 Å². The molecule has 2 aromatic carbocycles. The zero-order valence-corrected chi connectivity index (χ0v) is 18.1. The molecule has 1 saturated heterocycles. The Kier molecular flexibility index (Phi) is 5.94. The van der Waals surface area contributed by atoms with Crippen LogP contribution in [0.5, 0.6) is 0 Å². The van der Waals surface area contributed by atoms with E-state index in [-0.39, 0.29) is 18.0 Å². The second-order valence-electron chi connectivity index (χ2n) is 8.66. The summed E-state index contributed by atoms with van der Waals surface area (Å²) in [4.78, 5) is 27.3. The molecule has 1 aliphatic heterocycles. The van der Waals surface area contributed by atoms with E-state index in [4.69, 9.17) is 5.26 Å². The van der Waals surface area contributed by atoms with Crippen molar-refractivity contribution in [2.24, 2.45) is 0 Å². The Labute approximate surface area is 183 Å². The van der Waals surface area contributed by atoms with Crippen molar-refractivity contribution < 1.29 is 9.59 Å². The first-order valence-corrected chi connectivity index (χ1v) is 10.9. The molecule has 160 valence electrons. The van der Waals surface area contributed by atoms with Gasteiger partial charge in [-0.25, -0.2) is 4.79 Å². The van der Waals surface area contributed by atoms with E-state index in [0.717, 1.165) is 36.8 Å². The summed E-state index contributed by atoms with van der Waals surface area (Å²) in [6, 6.07) is 13.8. The Balaban J connectivity index is 1.42. The summed E-state index contributed by atoms with van der Waals surface area (Å²) in [7, 11) is 0. The number of nitrogens with one attached hydrogen (secondary N) is 2. The highest BCUT2D eigenvalue weighted by atomic mass is 16.2. The molecule has 2 fully saturated rings. The molecule has 0 spiro atoms. The normalized spacial score (nSPS) is 16.5. The van der Waals surface area contributed by atoms with E-state index in [9.17, 15) is 9.59 Å². The van der Waals surface area contributed by atoms with Gasteiger partial charge in [-0.2, -0.15) is 5.26 Å². The van der Waals surface area contributed by atoms with Gasteiger partial charge in [0.1, 0.15) is 0 Å². The van der Waals surface area contributed by atoms with Gasteiger partial charge in [-0.1, -0.05) is 18.2 Å². The summed E-state index contributed by atoms with van der Waals surface area (Å²) in [5, 5.41) is 14.8. The third-order valence-electron chi connectivity index (χ3n) is 6.26. The molecule has 0 bridgehead atoms. The van der Waals surface area contributed by atoms with Crippen LogP contribution in [0, 0.1) is 25.2 Å². The van der Waals surface area contributed by atoms with E-state index in [2.05, 4.69) is 16.7 Å². The molecular weight excluding hydrogens is 388 g/mol. The number of urea groups is 1. The Morgan fingerprint density at radius 1 is 1.00 bits per heavy atom. The number of carbonyl (C=O) groups is 2. The number of carbonyl (C=O) groups excluding carboxylic acids is 2. The number of rotatable bonds is 4. The zero-order chi connectivity index (χ0) is 22.0. The van der Waals surface area contributed by atoms with Gasteiger partial charge in [0, 0.05) is 30.4 Å². The van der Waals surface area contributed by atoms with Crippen LogP contribution in [0.2, 0.25) is 0 Å². The molecule has 6 heteroatoms. The summed E-state index contributed by atoms with van der Waals surface area (Å²) in [5.41, 5.74) is 5.08. The van der Waals surface area contributed by atoms with Crippen LogP contribution >= 0.6 is 0 Å². The van der Waals surface area contributed by atoms with Gasteiger partial charge in [0.2, 0.25) is 0 Å². The largest absolute Gasteiger partial charge is 0.339 e. The summed E-state index contributed by atoms with van der Waals surface area (Å²) in [6.45, 7) is 5.28. The van der Waals surface area contributed by atoms with Gasteiger partial charge >= 0.3 is 6.03 Å². The van der Waals surface area contributed by atoms with Crippen molar-refractivity contribution in [2.75, 3.05) is 18.4 Å². The number of nitriles is 1. The molecular formula is C25H28N4O2. The standard InChI is InChI=1S/C25H28N4O2/c1-16-13-17(2)23(28-25(31)27-21-7-8-21)14-22(16)24(30)29-11-9-20(10-12-29)19-5-3-18(15-26)4-6-19/h3-6,13-14,20-21H,7-12H2,1-2H3,(H2,27,28,31). The highest BCUT2D eigenvalue weighted by Crippen LogP contribution is 2.30. The van der Waals surface area contributed by atoms with Crippen molar-refractivity contribution in [3.8, 4) is 6.07 Å². The molecule has 2 aromatic rings. The van der Waals surface area contributed by atoms with Crippen molar-refractivity contribution in [1.29, 1.82) is 5.26 Å². The Morgan fingerprint density at radius 3 is 2.29 bits per heavy atom. The van der Waals surface area contributed by atoms with E-state index in [1.54, 1.807) is 0 Å². The number of aryl methyl sites for hydroxylation is 2. The number of likely N-dealkylation sites (tertiary alicyclic amines) is 1. The molecule has 1 heterocycles. The molecule has 0 unspecified atom stereocenters. The average Bonchev–Trinajstić information content (AvgIpc) is 3.59. The third-order valence-corrected chi connectivity index (χ3v) is 6.26. The van der Waals surface area contributed by atoms with Crippen LogP contribution in [0.3, 0.4) is 0 Å². The molecule has 4 rings (SSSR count). The van der Waals surface area contributed by atoms with E-state index in [0.29, 0.717) is 35.8 Å². The van der Waals surface area contributed by atoms with Gasteiger partial charge in [0.15, 0.2) is 0 Å². The lowest BCUT2D eigenvalue weighted by atomic mass is 9.88. The highest BCUT2D eigenvalue weighted by Gasteiger charge is 2.27. The number of piperidine rings is 1. The van der Waals surface area contributed by atoms with Crippen LogP contribution in [0.4, 0.5) is 10.5 Å². The topological polar surface area (TPSA) is 85.2 Å². The maximum atomic E-state index is 13.2. The average molecular weight is 417 g/mol. The highest BCUT2D eigenvalue weighted by molar-refractivity contribution is 5.98. The van der Waals surface area contributed by atoms with Crippen molar-refractivity contribution in [2.45, 2.75) is 51.5 Å². The van der Waals surface area contributed by atoms with Crippen LogP contribution in [-0.2, 0) is 0 Å². The monoisotopic (exact) mass is 416 g/mol. The predicted molar refractivity (Wildman–Crippen MR) is 120 cm³/mol. The van der Waals surface area contributed by atoms with Crippen LogP contribution in [0.15, 0.2) is 36.4 Å². The van der Waals surface area contributed by atoms with Crippen LogP contribution in [0.25, 0.3) is 0 Å². The lowest BCUT2D eigenvalue weighted by Gasteiger charge is -2.33. The number of anilines is 1. The molecule has 3 amide bonds. The lowest BCUT2D eigenvalue weighted by molar-refractivity contribution is 0.0712. The lowest BCUT2D eigenvalue weighted by Crippen LogP contribution is -2.38. The van der Waals surface area contributed by atoms with E-state index >= 15 is 0 Å². The number of hydrogen-bond donors (Lipinski definition) is 2. The number of benzene rings is 2. The van der Waals surface area contributed by atoms with Gasteiger partial charge < -0.3 is 15.5 Å². The first-order chi connectivity index (χ1) is 14.9. The van der Waals surface area contributed by atoms with Gasteiger partial charge in [-0.15, -0.1) is 0 Å². The first kappa shape index (κ1) is 20.9. The fraction of sp³-hybridized carbons (Fsp3) is 0.400. The van der Waals surface area contributed by atoms with Crippen LogP contribution in [-0.4, -0.2) is 36.0 Å². The van der Waals surface area contributed by atoms with Crippen molar-refractivity contribution in [1.82, 2.24) is 10.2 Å². The number of nitrogens with zero attached hydrogens (tertiary/aromatic N) is 2. The molecule has 0 aromatic heterocycles. The van der Waals surface area contributed by atoms with E-state index in [1.165, 1.54) is 5.56 Å². The molecule has 2 N–H and O–H groups in total. The fourth-order valence-electron chi connectivity index (χ4n) is 4.20. The molecule has 0 atom stereocenters. The number of hydrogen-bond acceptors (Lipinski definition) is 3. The van der Waals surface area contributed by atoms with Crippen molar-refractivity contribution in [3.05, 3.63) is 64.2 Å². The zero-order valence-electron chi connectivity index (χ0n) is 18.1. The SMILES string of the molecule is Cc1cc(C)c(C(=O)N2CCC(c3ccc(C#N)cc3)CC2)cc1NC(=O)NC1CC1. The Morgan fingerprint density at radius 2 is 1.68 bits per heavy atom. The molecule has 1 aliphatic carbocycles. The molecule has 1 saturated carbocycles. The van der Waals surface area contributed by atoms with Crippen molar-refractivity contribution >= 4 is 17.6 Å². The van der Waals surface area contributed by atoms with Gasteiger partial charge in [0.05, 0.1) is 11.6 Å². The minimum absolute atomic E-state index is 0.0152. The smallest absolute Gasteiger partial charge is 0.319 e. The third kappa shape index (κ3) is 4.88. The summed E-state index contributed by atoms with van der Waals surface area (Å²) < 4.78 is 0. The second-order valence-corrected chi connectivity index (χ2v) is 8.66. The second kappa shape index (κ2) is 8.81. The quantitative estimate of drug-likeness (QED) is 0.771. The maximum absolute atomic E-state index is 13.2. The number of amides is 3. The summed E-state index contributed by atoms with van der Waals surface area (Å²) in [6.07, 6.45) is 3.86. The minimum atomic E-state index is -0.212. The molecule has 2 aliphatic rings. The van der Waals surface area contributed by atoms with E-state index < -0.39 is 0 Å². The predicted octanol–water partition coefficient (Wildman–Crippen LogP) is 4.48. The van der Waals surface area contributed by atoms with E-state index in [1.807, 2.05) is 55.1 Å². The Bertz CT molecular complexity index is 1030. The van der Waals surface area contributed by atoms with Crippen LogP contribution in [0.1, 0.15) is 64.2 Å². The fourth-order valence-corrected chi connectivity index (χ4v) is 4.20. The molecule has 31 heavy (non-hydrogen) atoms. The maximum Gasteiger partial charge on any atom is 0.319 e. The minimum Gasteiger partial charge on any atom is -0.339 e. The van der Waals surface area contributed by atoms with Gasteiger partial charge in [-0.05, 0) is 80.3 Å². The Hall–Kier alpha value is -3.33. The van der Waals surface area contributed by atoms with Crippen molar-refractivity contribution in [3.63, 3.8) is 0 Å². The van der Waals surface area contributed by atoms with Gasteiger partial charge in [0.25, 0.3) is 5.91 Å². The first-order valence-electron chi connectivity index (χ1n) is 10.9. The summed E-state index contributed by atoms with van der Waals surface area (Å²) in [5.74, 6) is 0.417. The summed E-state index contributed by atoms with van der Waals surface area (Å²) >= 11 is 0. The molecule has 0 radical (unpaired) electrons.